The van der Waals surface area contributed by atoms with Crippen LogP contribution in [0.3, 0.4) is 0 Å². The molecule has 0 spiro atoms. The van der Waals surface area contributed by atoms with E-state index in [2.05, 4.69) is 45.9 Å². The highest BCUT2D eigenvalue weighted by molar-refractivity contribution is 5.39. The summed E-state index contributed by atoms with van der Waals surface area (Å²) < 4.78 is 5.52. The Morgan fingerprint density at radius 3 is 2.28 bits per heavy atom. The van der Waals surface area contributed by atoms with Gasteiger partial charge in [0.25, 0.3) is 0 Å². The molecular formula is C16H27NO. The van der Waals surface area contributed by atoms with Crippen molar-refractivity contribution in [1.29, 1.82) is 0 Å². The second-order valence-electron chi connectivity index (χ2n) is 5.67. The average Bonchev–Trinajstić information content (AvgIpc) is 2.35. The van der Waals surface area contributed by atoms with Crippen LogP contribution in [0.5, 0.6) is 5.75 Å². The molecule has 1 aromatic carbocycles. The Morgan fingerprint density at radius 1 is 1.17 bits per heavy atom. The monoisotopic (exact) mass is 249 g/mol. The first-order chi connectivity index (χ1) is 8.49. The molecule has 0 saturated carbocycles. The standard InChI is InChI=1S/C16H27NO/c1-11(2)13-6-7-14(16(9-13)18-5)8-15(10-17)12(3)4/h6-7,9,11-12,15H,8,10,17H2,1-5H3. The van der Waals surface area contributed by atoms with Gasteiger partial charge in [0.2, 0.25) is 0 Å². The van der Waals surface area contributed by atoms with Gasteiger partial charge in [-0.25, -0.2) is 0 Å². The maximum Gasteiger partial charge on any atom is 0.122 e. The van der Waals surface area contributed by atoms with Crippen LogP contribution in [0.25, 0.3) is 0 Å². The molecule has 0 aromatic heterocycles. The average molecular weight is 249 g/mol. The van der Waals surface area contributed by atoms with Crippen molar-refractivity contribution in [2.24, 2.45) is 17.6 Å². The fourth-order valence-corrected chi connectivity index (χ4v) is 2.16. The zero-order valence-corrected chi connectivity index (χ0v) is 12.4. The quantitative estimate of drug-likeness (QED) is 0.836. The lowest BCUT2D eigenvalue weighted by Gasteiger charge is -2.21. The second-order valence-corrected chi connectivity index (χ2v) is 5.67. The SMILES string of the molecule is COc1cc(C(C)C)ccc1CC(CN)C(C)C. The van der Waals surface area contributed by atoms with E-state index in [-0.39, 0.29) is 0 Å². The molecule has 1 unspecified atom stereocenters. The fourth-order valence-electron chi connectivity index (χ4n) is 2.16. The zero-order chi connectivity index (χ0) is 13.7. The van der Waals surface area contributed by atoms with Crippen molar-refractivity contribution in [3.8, 4) is 5.75 Å². The minimum absolute atomic E-state index is 0.517. The van der Waals surface area contributed by atoms with Gasteiger partial charge in [-0.3, -0.25) is 0 Å². The van der Waals surface area contributed by atoms with Crippen molar-refractivity contribution in [3.63, 3.8) is 0 Å². The predicted octanol–water partition coefficient (Wildman–Crippen LogP) is 3.59. The molecular weight excluding hydrogens is 222 g/mol. The maximum absolute atomic E-state index is 5.85. The third-order valence-electron chi connectivity index (χ3n) is 3.71. The summed E-state index contributed by atoms with van der Waals surface area (Å²) in [6.45, 7) is 9.59. The molecule has 2 heteroatoms. The lowest BCUT2D eigenvalue weighted by molar-refractivity contribution is 0.373. The molecule has 0 aliphatic heterocycles. The van der Waals surface area contributed by atoms with Gasteiger partial charge in [0.1, 0.15) is 5.75 Å². The van der Waals surface area contributed by atoms with E-state index < -0.39 is 0 Å². The molecule has 0 bridgehead atoms. The largest absolute Gasteiger partial charge is 0.496 e. The van der Waals surface area contributed by atoms with Crippen LogP contribution in [-0.2, 0) is 6.42 Å². The van der Waals surface area contributed by atoms with Crippen LogP contribution in [0.1, 0.15) is 44.7 Å². The number of methoxy groups -OCH3 is 1. The summed E-state index contributed by atoms with van der Waals surface area (Å²) in [7, 11) is 1.75. The van der Waals surface area contributed by atoms with E-state index in [1.807, 2.05) is 0 Å². The van der Waals surface area contributed by atoms with Gasteiger partial charge in [0.15, 0.2) is 0 Å². The van der Waals surface area contributed by atoms with Gasteiger partial charge in [0.05, 0.1) is 7.11 Å². The molecule has 18 heavy (non-hydrogen) atoms. The van der Waals surface area contributed by atoms with E-state index in [0.717, 1.165) is 18.7 Å². The first-order valence-electron chi connectivity index (χ1n) is 6.86. The summed E-state index contributed by atoms with van der Waals surface area (Å²) in [6, 6.07) is 6.56. The Bertz CT molecular complexity index is 371. The highest BCUT2D eigenvalue weighted by Gasteiger charge is 2.15. The number of hydrogen-bond acceptors (Lipinski definition) is 2. The summed E-state index contributed by atoms with van der Waals surface area (Å²) >= 11 is 0. The topological polar surface area (TPSA) is 35.2 Å². The predicted molar refractivity (Wildman–Crippen MR) is 78.2 cm³/mol. The van der Waals surface area contributed by atoms with Crippen molar-refractivity contribution in [3.05, 3.63) is 29.3 Å². The molecule has 1 aromatic rings. The number of ether oxygens (including phenoxy) is 1. The molecule has 1 atom stereocenters. The van der Waals surface area contributed by atoms with E-state index in [9.17, 15) is 0 Å². The molecule has 102 valence electrons. The molecule has 0 aliphatic carbocycles. The summed E-state index contributed by atoms with van der Waals surface area (Å²) in [5.74, 6) is 2.65. The highest BCUT2D eigenvalue weighted by Crippen LogP contribution is 2.28. The first kappa shape index (κ1) is 15.0. The van der Waals surface area contributed by atoms with Gasteiger partial charge in [-0.1, -0.05) is 39.8 Å². The molecule has 2 N–H and O–H groups in total. The molecule has 0 heterocycles. The molecule has 1 rings (SSSR count). The number of nitrogens with two attached hydrogens (primary N) is 1. The second kappa shape index (κ2) is 6.79. The van der Waals surface area contributed by atoms with E-state index >= 15 is 0 Å². The zero-order valence-electron chi connectivity index (χ0n) is 12.4. The summed E-state index contributed by atoms with van der Waals surface area (Å²) in [5.41, 5.74) is 8.44. The van der Waals surface area contributed by atoms with Crippen LogP contribution in [0.2, 0.25) is 0 Å². The van der Waals surface area contributed by atoms with Crippen LogP contribution in [0, 0.1) is 11.8 Å². The molecule has 0 amide bonds. The van der Waals surface area contributed by atoms with E-state index in [4.69, 9.17) is 10.5 Å². The van der Waals surface area contributed by atoms with Crippen LogP contribution in [0.15, 0.2) is 18.2 Å². The summed E-state index contributed by atoms with van der Waals surface area (Å²) in [5, 5.41) is 0. The van der Waals surface area contributed by atoms with Gasteiger partial charge >= 0.3 is 0 Å². The van der Waals surface area contributed by atoms with E-state index in [1.54, 1.807) is 7.11 Å². The Balaban J connectivity index is 2.95. The van der Waals surface area contributed by atoms with Crippen LogP contribution in [-0.4, -0.2) is 13.7 Å². The summed E-state index contributed by atoms with van der Waals surface area (Å²) in [4.78, 5) is 0. The van der Waals surface area contributed by atoms with Gasteiger partial charge < -0.3 is 10.5 Å². The van der Waals surface area contributed by atoms with Crippen LogP contribution in [0.4, 0.5) is 0 Å². The number of hydrogen-bond donors (Lipinski definition) is 1. The molecule has 2 nitrogen and oxygen atoms in total. The lowest BCUT2D eigenvalue weighted by Crippen LogP contribution is -2.22. The van der Waals surface area contributed by atoms with Crippen molar-refractivity contribution in [2.45, 2.75) is 40.0 Å². The molecule has 0 aliphatic rings. The van der Waals surface area contributed by atoms with Gasteiger partial charge in [-0.05, 0) is 47.9 Å². The maximum atomic E-state index is 5.85. The first-order valence-corrected chi connectivity index (χ1v) is 6.86. The van der Waals surface area contributed by atoms with Crippen molar-refractivity contribution < 1.29 is 4.74 Å². The summed E-state index contributed by atoms with van der Waals surface area (Å²) in [6.07, 6.45) is 0.996. The fraction of sp³-hybridized carbons (Fsp3) is 0.625. The smallest absolute Gasteiger partial charge is 0.122 e. The van der Waals surface area contributed by atoms with Crippen molar-refractivity contribution in [2.75, 3.05) is 13.7 Å². The van der Waals surface area contributed by atoms with Gasteiger partial charge in [-0.2, -0.15) is 0 Å². The van der Waals surface area contributed by atoms with Gasteiger partial charge in [-0.15, -0.1) is 0 Å². The highest BCUT2D eigenvalue weighted by atomic mass is 16.5. The van der Waals surface area contributed by atoms with E-state index in [1.165, 1.54) is 11.1 Å². The van der Waals surface area contributed by atoms with E-state index in [0.29, 0.717) is 17.8 Å². The minimum atomic E-state index is 0.517. The van der Waals surface area contributed by atoms with Crippen molar-refractivity contribution >= 4 is 0 Å². The molecule has 0 fully saturated rings. The Hall–Kier alpha value is -1.02. The van der Waals surface area contributed by atoms with Crippen molar-refractivity contribution in [1.82, 2.24) is 0 Å². The van der Waals surface area contributed by atoms with Crippen LogP contribution >= 0.6 is 0 Å². The Morgan fingerprint density at radius 2 is 1.83 bits per heavy atom. The third-order valence-corrected chi connectivity index (χ3v) is 3.71. The Labute approximate surface area is 112 Å². The molecule has 0 saturated heterocycles. The van der Waals surface area contributed by atoms with Crippen LogP contribution < -0.4 is 10.5 Å². The Kier molecular flexibility index (Phi) is 5.67. The normalized spacial score (nSPS) is 13.1. The minimum Gasteiger partial charge on any atom is -0.496 e. The number of benzene rings is 1. The van der Waals surface area contributed by atoms with Gasteiger partial charge in [0, 0.05) is 0 Å². The number of rotatable bonds is 6. The lowest BCUT2D eigenvalue weighted by atomic mass is 9.88. The third kappa shape index (κ3) is 3.74. The molecule has 0 radical (unpaired) electrons.